The molecule has 0 aliphatic rings. The van der Waals surface area contributed by atoms with Gasteiger partial charge in [0.15, 0.2) is 0 Å². The van der Waals surface area contributed by atoms with Crippen LogP contribution in [0.15, 0.2) is 24.3 Å². The van der Waals surface area contributed by atoms with Crippen LogP contribution in [0.3, 0.4) is 0 Å². The van der Waals surface area contributed by atoms with Crippen molar-refractivity contribution in [3.8, 4) is 0 Å². The molecule has 0 saturated carbocycles. The van der Waals surface area contributed by atoms with Gasteiger partial charge in [-0.05, 0) is 29.4 Å². The van der Waals surface area contributed by atoms with Gasteiger partial charge in [0, 0.05) is 0 Å². The molecule has 0 saturated heterocycles. The fourth-order valence-corrected chi connectivity index (χ4v) is 2.02. The van der Waals surface area contributed by atoms with Gasteiger partial charge in [0.05, 0.1) is 0 Å². The summed E-state index contributed by atoms with van der Waals surface area (Å²) < 4.78 is 0. The zero-order valence-electron chi connectivity index (χ0n) is 9.80. The Bertz CT molecular complexity index is 253. The molecular formula is C14H21. The predicted molar refractivity (Wildman–Crippen MR) is 62.4 cm³/mol. The van der Waals surface area contributed by atoms with E-state index in [1.165, 1.54) is 18.4 Å². The lowest BCUT2D eigenvalue weighted by atomic mass is 9.74. The first-order valence-electron chi connectivity index (χ1n) is 5.51. The number of benzene rings is 1. The van der Waals surface area contributed by atoms with E-state index in [2.05, 4.69) is 45.9 Å². The first-order valence-corrected chi connectivity index (χ1v) is 5.51. The second-order valence-corrected chi connectivity index (χ2v) is 5.04. The quantitative estimate of drug-likeness (QED) is 0.660. The summed E-state index contributed by atoms with van der Waals surface area (Å²) in [7, 11) is 0. The SMILES string of the molecule is CCCC(c1cc[c]cc1)C(C)(C)C. The van der Waals surface area contributed by atoms with E-state index in [-0.39, 0.29) is 0 Å². The van der Waals surface area contributed by atoms with Gasteiger partial charge in [-0.2, -0.15) is 0 Å². The van der Waals surface area contributed by atoms with Crippen LogP contribution in [0.1, 0.15) is 52.0 Å². The lowest BCUT2D eigenvalue weighted by molar-refractivity contribution is 0.303. The predicted octanol–water partition coefficient (Wildman–Crippen LogP) is 4.42. The Morgan fingerprint density at radius 2 is 1.79 bits per heavy atom. The van der Waals surface area contributed by atoms with Crippen molar-refractivity contribution in [2.45, 2.75) is 46.5 Å². The van der Waals surface area contributed by atoms with Crippen LogP contribution in [0, 0.1) is 11.5 Å². The summed E-state index contributed by atoms with van der Waals surface area (Å²) in [4.78, 5) is 0. The van der Waals surface area contributed by atoms with E-state index >= 15 is 0 Å². The van der Waals surface area contributed by atoms with E-state index in [1.807, 2.05) is 12.1 Å². The summed E-state index contributed by atoms with van der Waals surface area (Å²) in [5.41, 5.74) is 1.82. The number of hydrogen-bond acceptors (Lipinski definition) is 0. The highest BCUT2D eigenvalue weighted by atomic mass is 14.3. The van der Waals surface area contributed by atoms with E-state index in [4.69, 9.17) is 0 Å². The van der Waals surface area contributed by atoms with Gasteiger partial charge in [0.25, 0.3) is 0 Å². The lowest BCUT2D eigenvalue weighted by Gasteiger charge is -2.31. The van der Waals surface area contributed by atoms with Gasteiger partial charge in [-0.3, -0.25) is 0 Å². The van der Waals surface area contributed by atoms with Crippen molar-refractivity contribution in [1.82, 2.24) is 0 Å². The molecule has 0 aliphatic heterocycles. The summed E-state index contributed by atoms with van der Waals surface area (Å²) in [5, 5.41) is 0. The molecule has 1 atom stereocenters. The number of rotatable bonds is 3. The van der Waals surface area contributed by atoms with E-state index < -0.39 is 0 Å². The molecule has 0 spiro atoms. The molecule has 0 aliphatic carbocycles. The van der Waals surface area contributed by atoms with E-state index in [9.17, 15) is 0 Å². The Morgan fingerprint density at radius 3 is 2.21 bits per heavy atom. The van der Waals surface area contributed by atoms with Gasteiger partial charge in [0.1, 0.15) is 0 Å². The summed E-state index contributed by atoms with van der Waals surface area (Å²) in [5.74, 6) is 0.669. The van der Waals surface area contributed by atoms with Gasteiger partial charge in [-0.1, -0.05) is 58.4 Å². The molecule has 0 amide bonds. The maximum Gasteiger partial charge on any atom is -0.0113 e. The Kier molecular flexibility index (Phi) is 3.74. The molecule has 0 heteroatoms. The second kappa shape index (κ2) is 4.63. The Morgan fingerprint density at radius 1 is 1.21 bits per heavy atom. The topological polar surface area (TPSA) is 0 Å². The van der Waals surface area contributed by atoms with Gasteiger partial charge >= 0.3 is 0 Å². The van der Waals surface area contributed by atoms with Crippen LogP contribution in [0.4, 0.5) is 0 Å². The van der Waals surface area contributed by atoms with Crippen LogP contribution in [-0.2, 0) is 0 Å². The zero-order chi connectivity index (χ0) is 10.6. The van der Waals surface area contributed by atoms with Gasteiger partial charge in [-0.25, -0.2) is 0 Å². The summed E-state index contributed by atoms with van der Waals surface area (Å²) in [6.07, 6.45) is 2.52. The molecule has 77 valence electrons. The summed E-state index contributed by atoms with van der Waals surface area (Å²) >= 11 is 0. The van der Waals surface area contributed by atoms with Gasteiger partial charge < -0.3 is 0 Å². The van der Waals surface area contributed by atoms with Crippen molar-refractivity contribution in [2.75, 3.05) is 0 Å². The minimum Gasteiger partial charge on any atom is -0.0654 e. The highest BCUT2D eigenvalue weighted by Crippen LogP contribution is 2.38. The van der Waals surface area contributed by atoms with Crippen LogP contribution < -0.4 is 0 Å². The van der Waals surface area contributed by atoms with Crippen LogP contribution >= 0.6 is 0 Å². The molecule has 1 rings (SSSR count). The Balaban J connectivity index is 2.89. The Labute approximate surface area is 88.4 Å². The average molecular weight is 189 g/mol. The number of hydrogen-bond donors (Lipinski definition) is 0. The average Bonchev–Trinajstić information content (AvgIpc) is 2.14. The van der Waals surface area contributed by atoms with Crippen molar-refractivity contribution in [3.05, 3.63) is 35.9 Å². The van der Waals surface area contributed by atoms with Crippen LogP contribution in [-0.4, -0.2) is 0 Å². The van der Waals surface area contributed by atoms with Crippen molar-refractivity contribution in [2.24, 2.45) is 5.41 Å². The van der Waals surface area contributed by atoms with Crippen molar-refractivity contribution in [3.63, 3.8) is 0 Å². The zero-order valence-corrected chi connectivity index (χ0v) is 9.80. The van der Waals surface area contributed by atoms with Crippen molar-refractivity contribution < 1.29 is 0 Å². The van der Waals surface area contributed by atoms with Crippen molar-refractivity contribution >= 4 is 0 Å². The molecule has 1 aromatic carbocycles. The highest BCUT2D eigenvalue weighted by Gasteiger charge is 2.24. The van der Waals surface area contributed by atoms with Gasteiger partial charge in [0.2, 0.25) is 0 Å². The van der Waals surface area contributed by atoms with Crippen molar-refractivity contribution in [1.29, 1.82) is 0 Å². The molecule has 1 aromatic rings. The lowest BCUT2D eigenvalue weighted by Crippen LogP contribution is -2.18. The molecule has 0 N–H and O–H groups in total. The summed E-state index contributed by atoms with van der Waals surface area (Å²) in [6, 6.07) is 11.5. The normalized spacial score (nSPS) is 14.0. The molecule has 1 unspecified atom stereocenters. The summed E-state index contributed by atoms with van der Waals surface area (Å²) in [6.45, 7) is 9.23. The maximum atomic E-state index is 3.08. The van der Waals surface area contributed by atoms with Crippen LogP contribution in [0.2, 0.25) is 0 Å². The maximum absolute atomic E-state index is 3.08. The molecule has 0 heterocycles. The van der Waals surface area contributed by atoms with E-state index in [1.54, 1.807) is 0 Å². The molecular weight excluding hydrogens is 168 g/mol. The van der Waals surface area contributed by atoms with E-state index in [0.717, 1.165) is 0 Å². The monoisotopic (exact) mass is 189 g/mol. The molecule has 0 nitrogen and oxygen atoms in total. The third kappa shape index (κ3) is 2.87. The van der Waals surface area contributed by atoms with Crippen LogP contribution in [0.25, 0.3) is 0 Å². The smallest absolute Gasteiger partial charge is 0.0113 e. The molecule has 0 aromatic heterocycles. The highest BCUT2D eigenvalue weighted by molar-refractivity contribution is 5.20. The van der Waals surface area contributed by atoms with Gasteiger partial charge in [-0.15, -0.1) is 0 Å². The first-order chi connectivity index (χ1) is 6.55. The standard InChI is InChI=1S/C14H21/c1-5-9-13(14(2,3)4)12-10-7-6-8-11-12/h7-8,10-11,13H,5,9H2,1-4H3. The van der Waals surface area contributed by atoms with E-state index in [0.29, 0.717) is 11.3 Å². The second-order valence-electron chi connectivity index (χ2n) is 5.04. The third-order valence-corrected chi connectivity index (χ3v) is 2.77. The minimum absolute atomic E-state index is 0.358. The molecule has 1 radical (unpaired) electrons. The fraction of sp³-hybridized carbons (Fsp3) is 0.571. The molecule has 0 bridgehead atoms. The first kappa shape index (κ1) is 11.3. The minimum atomic E-state index is 0.358. The Hall–Kier alpha value is -0.780. The van der Waals surface area contributed by atoms with Crippen LogP contribution in [0.5, 0.6) is 0 Å². The molecule has 0 fully saturated rings. The fourth-order valence-electron chi connectivity index (χ4n) is 2.02. The molecule has 14 heavy (non-hydrogen) atoms. The third-order valence-electron chi connectivity index (χ3n) is 2.77. The largest absolute Gasteiger partial charge is 0.0654 e.